The number of ether oxygens (including phenoxy) is 1. The van der Waals surface area contributed by atoms with Crippen molar-refractivity contribution in [3.05, 3.63) is 95.8 Å². The lowest BCUT2D eigenvalue weighted by Gasteiger charge is -2.23. The number of para-hydroxylation sites is 1. The number of nitrogens with one attached hydrogen (secondary N) is 1. The van der Waals surface area contributed by atoms with Crippen LogP contribution in [-0.4, -0.2) is 40.1 Å². The third-order valence-electron chi connectivity index (χ3n) is 5.94. The summed E-state index contributed by atoms with van der Waals surface area (Å²) >= 11 is 1.22. The van der Waals surface area contributed by atoms with Crippen molar-refractivity contribution in [1.82, 2.24) is 5.01 Å². The van der Waals surface area contributed by atoms with Crippen molar-refractivity contribution in [2.45, 2.75) is 24.1 Å². The third kappa shape index (κ3) is 5.16. The van der Waals surface area contributed by atoms with Crippen molar-refractivity contribution in [2.24, 2.45) is 10.1 Å². The highest BCUT2D eigenvalue weighted by molar-refractivity contribution is 8.15. The highest BCUT2D eigenvalue weighted by atomic mass is 32.2. The first-order chi connectivity index (χ1) is 17.5. The molecule has 0 spiro atoms. The summed E-state index contributed by atoms with van der Waals surface area (Å²) in [5.41, 5.74) is 3.25. The molecule has 0 fully saturated rings. The average Bonchev–Trinajstić information content (AvgIpc) is 3.49. The van der Waals surface area contributed by atoms with Gasteiger partial charge in [-0.3, -0.25) is 9.59 Å². The summed E-state index contributed by atoms with van der Waals surface area (Å²) in [7, 11) is 1.61. The van der Waals surface area contributed by atoms with E-state index in [1.807, 2.05) is 42.5 Å². The lowest BCUT2D eigenvalue weighted by molar-refractivity contribution is -0.121. The number of thioether (sulfide) groups is 1. The van der Waals surface area contributed by atoms with Crippen LogP contribution in [0.25, 0.3) is 0 Å². The van der Waals surface area contributed by atoms with Crippen LogP contribution in [0.3, 0.4) is 0 Å². The SMILES string of the molecule is COc1ccc(C2=NN(C3=NC(=O)[C@@H](CC(=O)Nc4ccccc4)S3)[C@H](c3ccc(F)cc3)C2)cc1. The van der Waals surface area contributed by atoms with Gasteiger partial charge in [-0.05, 0) is 59.7 Å². The van der Waals surface area contributed by atoms with Gasteiger partial charge in [-0.15, -0.1) is 0 Å². The van der Waals surface area contributed by atoms with Gasteiger partial charge in [-0.1, -0.05) is 42.1 Å². The quantitative estimate of drug-likeness (QED) is 0.512. The maximum Gasteiger partial charge on any atom is 0.262 e. The smallest absolute Gasteiger partial charge is 0.262 e. The number of methoxy groups -OCH3 is 1. The van der Waals surface area contributed by atoms with Crippen molar-refractivity contribution >= 4 is 40.1 Å². The van der Waals surface area contributed by atoms with Gasteiger partial charge in [-0.2, -0.15) is 10.1 Å². The minimum atomic E-state index is -0.641. The summed E-state index contributed by atoms with van der Waals surface area (Å²) in [5.74, 6) is -0.222. The van der Waals surface area contributed by atoms with E-state index in [1.54, 1.807) is 36.4 Å². The van der Waals surface area contributed by atoms with E-state index in [-0.39, 0.29) is 30.1 Å². The molecule has 182 valence electrons. The van der Waals surface area contributed by atoms with Crippen molar-refractivity contribution in [1.29, 1.82) is 0 Å². The Bertz CT molecular complexity index is 1330. The first-order valence-electron chi connectivity index (χ1n) is 11.4. The Morgan fingerprint density at radius 1 is 1.08 bits per heavy atom. The zero-order valence-corrected chi connectivity index (χ0v) is 20.2. The van der Waals surface area contributed by atoms with Crippen LogP contribution in [0, 0.1) is 5.82 Å². The Hall–Kier alpha value is -3.98. The predicted molar refractivity (Wildman–Crippen MR) is 139 cm³/mol. The van der Waals surface area contributed by atoms with Crippen molar-refractivity contribution < 1.29 is 18.7 Å². The van der Waals surface area contributed by atoms with Gasteiger partial charge in [0.05, 0.1) is 18.9 Å². The number of halogens is 1. The van der Waals surface area contributed by atoms with Gasteiger partial charge in [0.2, 0.25) is 5.91 Å². The Kier molecular flexibility index (Phi) is 6.81. The Labute approximate surface area is 212 Å². The molecule has 36 heavy (non-hydrogen) atoms. The molecule has 2 heterocycles. The zero-order chi connectivity index (χ0) is 25.1. The number of hydrogen-bond donors (Lipinski definition) is 1. The van der Waals surface area contributed by atoms with Crippen LogP contribution in [0.5, 0.6) is 5.75 Å². The second-order valence-corrected chi connectivity index (χ2v) is 9.52. The number of hydrogen-bond acceptors (Lipinski definition) is 6. The summed E-state index contributed by atoms with van der Waals surface area (Å²) in [5, 5.41) is 9.11. The summed E-state index contributed by atoms with van der Waals surface area (Å²) in [4.78, 5) is 29.5. The molecule has 0 unspecified atom stereocenters. The molecule has 0 aromatic heterocycles. The van der Waals surface area contributed by atoms with E-state index in [4.69, 9.17) is 9.84 Å². The van der Waals surface area contributed by atoms with Crippen LogP contribution in [0.2, 0.25) is 0 Å². The van der Waals surface area contributed by atoms with Gasteiger partial charge in [0.15, 0.2) is 5.17 Å². The normalized spacial score (nSPS) is 19.2. The van der Waals surface area contributed by atoms with Gasteiger partial charge >= 0.3 is 0 Å². The van der Waals surface area contributed by atoms with E-state index in [0.29, 0.717) is 17.3 Å². The average molecular weight is 503 g/mol. The number of carbonyl (C=O) groups is 2. The number of aliphatic imine (C=N–C) groups is 1. The molecule has 0 radical (unpaired) electrons. The molecule has 0 bridgehead atoms. The summed E-state index contributed by atoms with van der Waals surface area (Å²) in [6.07, 6.45) is 0.542. The number of nitrogens with zero attached hydrogens (tertiary/aromatic N) is 3. The lowest BCUT2D eigenvalue weighted by Crippen LogP contribution is -2.25. The first-order valence-corrected chi connectivity index (χ1v) is 12.3. The van der Waals surface area contributed by atoms with Crippen molar-refractivity contribution in [3.63, 3.8) is 0 Å². The second-order valence-electron chi connectivity index (χ2n) is 8.35. The molecule has 9 heteroatoms. The van der Waals surface area contributed by atoms with Crippen molar-refractivity contribution in [3.8, 4) is 5.75 Å². The standard InChI is InChI=1S/C27H23FN4O3S/c1-35-21-13-9-17(10-14-21)22-15-23(18-7-11-19(28)12-8-18)32(31-22)27-30-26(34)24(36-27)16-25(33)29-20-5-3-2-4-6-20/h2-14,23-24H,15-16H2,1H3,(H,29,33)/t23-,24+/m0/s1. The summed E-state index contributed by atoms with van der Waals surface area (Å²) in [6.45, 7) is 0. The van der Waals surface area contributed by atoms with Crippen LogP contribution < -0.4 is 10.1 Å². The van der Waals surface area contributed by atoms with Gasteiger partial charge in [0, 0.05) is 18.5 Å². The molecule has 0 saturated heterocycles. The monoisotopic (exact) mass is 502 g/mol. The largest absolute Gasteiger partial charge is 0.497 e. The minimum absolute atomic E-state index is 0.00446. The molecule has 2 amide bonds. The van der Waals surface area contributed by atoms with Crippen LogP contribution in [0.4, 0.5) is 10.1 Å². The van der Waals surface area contributed by atoms with E-state index >= 15 is 0 Å². The zero-order valence-electron chi connectivity index (χ0n) is 19.4. The van der Waals surface area contributed by atoms with Crippen LogP contribution in [0.15, 0.2) is 89.0 Å². The number of benzene rings is 3. The van der Waals surface area contributed by atoms with Crippen LogP contribution >= 0.6 is 11.8 Å². The van der Waals surface area contributed by atoms with E-state index in [2.05, 4.69) is 10.3 Å². The molecule has 2 aliphatic heterocycles. The molecule has 7 nitrogen and oxygen atoms in total. The van der Waals surface area contributed by atoms with E-state index in [1.165, 1.54) is 23.9 Å². The molecular formula is C27H23FN4O3S. The van der Waals surface area contributed by atoms with E-state index in [9.17, 15) is 14.0 Å². The fourth-order valence-electron chi connectivity index (χ4n) is 4.10. The van der Waals surface area contributed by atoms with Gasteiger partial charge in [0.1, 0.15) is 16.8 Å². The van der Waals surface area contributed by atoms with E-state index in [0.717, 1.165) is 22.6 Å². The molecule has 1 N–H and O–H groups in total. The summed E-state index contributed by atoms with van der Waals surface area (Å²) < 4.78 is 18.9. The Morgan fingerprint density at radius 2 is 1.81 bits per heavy atom. The number of amides is 2. The van der Waals surface area contributed by atoms with Crippen LogP contribution in [0.1, 0.15) is 30.0 Å². The van der Waals surface area contributed by atoms with E-state index < -0.39 is 5.25 Å². The van der Waals surface area contributed by atoms with Gasteiger partial charge in [0.25, 0.3) is 5.91 Å². The van der Waals surface area contributed by atoms with Crippen LogP contribution in [-0.2, 0) is 9.59 Å². The first kappa shape index (κ1) is 23.7. The molecule has 3 aromatic carbocycles. The third-order valence-corrected chi connectivity index (χ3v) is 7.08. The number of hydrazone groups is 1. The molecule has 0 saturated carbocycles. The number of anilines is 1. The predicted octanol–water partition coefficient (Wildman–Crippen LogP) is 5.01. The van der Waals surface area contributed by atoms with Gasteiger partial charge < -0.3 is 10.1 Å². The fraction of sp³-hybridized carbons (Fsp3) is 0.185. The maximum atomic E-state index is 13.6. The summed E-state index contributed by atoms with van der Waals surface area (Å²) in [6, 6.07) is 22.6. The molecular weight excluding hydrogens is 479 g/mol. The van der Waals surface area contributed by atoms with Gasteiger partial charge in [-0.25, -0.2) is 9.40 Å². The number of carbonyl (C=O) groups excluding carboxylic acids is 2. The highest BCUT2D eigenvalue weighted by Crippen LogP contribution is 2.38. The van der Waals surface area contributed by atoms with Crippen molar-refractivity contribution in [2.75, 3.05) is 12.4 Å². The minimum Gasteiger partial charge on any atom is -0.497 e. The molecule has 5 rings (SSSR count). The maximum absolute atomic E-state index is 13.6. The molecule has 0 aliphatic carbocycles. The highest BCUT2D eigenvalue weighted by Gasteiger charge is 2.39. The molecule has 2 atom stereocenters. The number of rotatable bonds is 6. The molecule has 2 aliphatic rings. The fourth-order valence-corrected chi connectivity index (χ4v) is 5.16. The molecule has 3 aromatic rings. The lowest BCUT2D eigenvalue weighted by atomic mass is 9.98. The second kappa shape index (κ2) is 10.3. The topological polar surface area (TPSA) is 83.4 Å². The Morgan fingerprint density at radius 3 is 2.50 bits per heavy atom. The number of amidine groups is 1. The Balaban J connectivity index is 1.36.